The summed E-state index contributed by atoms with van der Waals surface area (Å²) in [7, 11) is 0. The van der Waals surface area contributed by atoms with Crippen molar-refractivity contribution in [3.05, 3.63) is 23.4 Å². The Bertz CT molecular complexity index is 482. The molecule has 2 fully saturated rings. The third kappa shape index (κ3) is 2.05. The number of aryl methyl sites for hydroxylation is 2. The molecule has 3 aliphatic carbocycles. The highest BCUT2D eigenvalue weighted by molar-refractivity contribution is 5.41. The summed E-state index contributed by atoms with van der Waals surface area (Å²) in [5.41, 5.74) is 2.81. The molecule has 19 heavy (non-hydrogen) atoms. The Hall–Kier alpha value is -1.05. The predicted molar refractivity (Wildman–Crippen MR) is 78.3 cm³/mol. The average molecular weight is 256 g/mol. The van der Waals surface area contributed by atoms with Gasteiger partial charge in [0.2, 0.25) is 0 Å². The van der Waals surface area contributed by atoms with E-state index in [0.717, 1.165) is 23.6 Å². The van der Waals surface area contributed by atoms with Crippen LogP contribution < -0.4 is 5.32 Å². The van der Waals surface area contributed by atoms with E-state index in [9.17, 15) is 0 Å². The zero-order valence-corrected chi connectivity index (χ0v) is 11.9. The molecule has 0 amide bonds. The normalized spacial score (nSPS) is 33.4. The summed E-state index contributed by atoms with van der Waals surface area (Å²) < 4.78 is 0. The highest BCUT2D eigenvalue weighted by Crippen LogP contribution is 2.49. The maximum Gasteiger partial charge on any atom is 0.126 e. The van der Waals surface area contributed by atoms with Crippen LogP contribution in [0.15, 0.2) is 12.1 Å². The summed E-state index contributed by atoms with van der Waals surface area (Å²) in [6.45, 7) is 2.36. The minimum Gasteiger partial charge on any atom is -0.367 e. The van der Waals surface area contributed by atoms with E-state index in [1.807, 2.05) is 0 Å². The maximum absolute atomic E-state index is 4.82. The van der Waals surface area contributed by atoms with Crippen LogP contribution in [0.2, 0.25) is 0 Å². The second-order valence-electron chi connectivity index (χ2n) is 6.93. The van der Waals surface area contributed by atoms with E-state index >= 15 is 0 Å². The predicted octanol–water partition coefficient (Wildman–Crippen LogP) is 3.81. The summed E-state index contributed by atoms with van der Waals surface area (Å²) in [5, 5.41) is 3.69. The largest absolute Gasteiger partial charge is 0.367 e. The number of hydrogen-bond acceptors (Lipinski definition) is 2. The van der Waals surface area contributed by atoms with Gasteiger partial charge in [0, 0.05) is 11.7 Å². The van der Waals surface area contributed by atoms with Gasteiger partial charge in [-0.2, -0.15) is 0 Å². The zero-order chi connectivity index (χ0) is 12.8. The SMILES string of the molecule is CC(Nc1ccc2c(n1)CCC2)C1CC2CCC1C2. The Morgan fingerprint density at radius 1 is 1.21 bits per heavy atom. The quantitative estimate of drug-likeness (QED) is 0.889. The highest BCUT2D eigenvalue weighted by Gasteiger charge is 2.41. The summed E-state index contributed by atoms with van der Waals surface area (Å²) in [5.74, 6) is 4.01. The fourth-order valence-electron chi connectivity index (χ4n) is 4.75. The fraction of sp³-hybridized carbons (Fsp3) is 0.706. The van der Waals surface area contributed by atoms with Crippen molar-refractivity contribution in [2.24, 2.45) is 17.8 Å². The Morgan fingerprint density at radius 2 is 2.16 bits per heavy atom. The molecule has 1 heterocycles. The van der Waals surface area contributed by atoms with Crippen LogP contribution in [0.5, 0.6) is 0 Å². The van der Waals surface area contributed by atoms with Gasteiger partial charge in [-0.1, -0.05) is 12.5 Å². The Morgan fingerprint density at radius 3 is 2.95 bits per heavy atom. The van der Waals surface area contributed by atoms with Crippen molar-refractivity contribution in [3.8, 4) is 0 Å². The number of fused-ring (bicyclic) bond motifs is 3. The van der Waals surface area contributed by atoms with Crippen LogP contribution in [0.3, 0.4) is 0 Å². The number of nitrogens with one attached hydrogen (secondary N) is 1. The van der Waals surface area contributed by atoms with Gasteiger partial charge in [-0.05, 0) is 74.8 Å². The van der Waals surface area contributed by atoms with Crippen molar-refractivity contribution in [3.63, 3.8) is 0 Å². The molecule has 102 valence electrons. The van der Waals surface area contributed by atoms with Crippen molar-refractivity contribution < 1.29 is 0 Å². The molecule has 2 bridgehead atoms. The lowest BCUT2D eigenvalue weighted by Crippen LogP contribution is -2.30. The molecule has 2 saturated carbocycles. The third-order valence-corrected chi connectivity index (χ3v) is 5.74. The van der Waals surface area contributed by atoms with Gasteiger partial charge < -0.3 is 5.32 Å². The maximum atomic E-state index is 4.82. The van der Waals surface area contributed by atoms with Crippen LogP contribution >= 0.6 is 0 Å². The molecule has 2 nitrogen and oxygen atoms in total. The molecule has 0 aromatic carbocycles. The molecule has 0 spiro atoms. The summed E-state index contributed by atoms with van der Waals surface area (Å²) in [4.78, 5) is 4.82. The standard InChI is InChI=1S/C17H24N2/c1-11(15-10-12-5-6-14(15)9-12)18-17-8-7-13-3-2-4-16(13)19-17/h7-8,11-12,14-15H,2-6,9-10H2,1H3,(H,18,19). The fourth-order valence-corrected chi connectivity index (χ4v) is 4.75. The molecule has 0 saturated heterocycles. The Kier molecular flexibility index (Phi) is 2.78. The summed E-state index contributed by atoms with van der Waals surface area (Å²) in [6, 6.07) is 5.06. The Balaban J connectivity index is 1.46. The smallest absolute Gasteiger partial charge is 0.126 e. The van der Waals surface area contributed by atoms with Crippen LogP contribution in [0.4, 0.5) is 5.82 Å². The van der Waals surface area contributed by atoms with Crippen molar-refractivity contribution in [1.29, 1.82) is 0 Å². The molecule has 3 aliphatic rings. The van der Waals surface area contributed by atoms with Gasteiger partial charge in [0.25, 0.3) is 0 Å². The molecule has 4 atom stereocenters. The number of hydrogen-bond donors (Lipinski definition) is 1. The summed E-state index contributed by atoms with van der Waals surface area (Å²) >= 11 is 0. The van der Waals surface area contributed by atoms with Crippen molar-refractivity contribution in [2.75, 3.05) is 5.32 Å². The van der Waals surface area contributed by atoms with E-state index in [4.69, 9.17) is 4.98 Å². The lowest BCUT2D eigenvalue weighted by Gasteiger charge is -2.29. The van der Waals surface area contributed by atoms with Gasteiger partial charge in [0.15, 0.2) is 0 Å². The van der Waals surface area contributed by atoms with Crippen LogP contribution in [-0.2, 0) is 12.8 Å². The lowest BCUT2D eigenvalue weighted by molar-refractivity contribution is 0.304. The first kappa shape index (κ1) is 11.7. The number of anilines is 1. The van der Waals surface area contributed by atoms with E-state index in [1.54, 1.807) is 0 Å². The van der Waals surface area contributed by atoms with Gasteiger partial charge in [-0.3, -0.25) is 0 Å². The monoisotopic (exact) mass is 256 g/mol. The molecule has 0 radical (unpaired) electrons. The lowest BCUT2D eigenvalue weighted by atomic mass is 9.84. The van der Waals surface area contributed by atoms with Gasteiger partial charge in [0.05, 0.1) is 0 Å². The summed E-state index contributed by atoms with van der Waals surface area (Å²) in [6.07, 6.45) is 9.59. The first-order valence-corrected chi connectivity index (χ1v) is 8.05. The molecule has 1 N–H and O–H groups in total. The molecular weight excluding hydrogens is 232 g/mol. The Labute approximate surface area is 116 Å². The topological polar surface area (TPSA) is 24.9 Å². The number of aromatic nitrogens is 1. The molecule has 4 rings (SSSR count). The average Bonchev–Trinajstić information content (AvgIpc) is 3.13. The van der Waals surface area contributed by atoms with Crippen LogP contribution in [0.1, 0.15) is 50.3 Å². The molecule has 1 aromatic rings. The van der Waals surface area contributed by atoms with Crippen molar-refractivity contribution in [2.45, 2.75) is 57.9 Å². The van der Waals surface area contributed by atoms with Gasteiger partial charge >= 0.3 is 0 Å². The van der Waals surface area contributed by atoms with E-state index < -0.39 is 0 Å². The van der Waals surface area contributed by atoms with Gasteiger partial charge in [0.1, 0.15) is 5.82 Å². The second-order valence-corrected chi connectivity index (χ2v) is 6.93. The minimum atomic E-state index is 0.585. The van der Waals surface area contributed by atoms with Crippen molar-refractivity contribution >= 4 is 5.82 Å². The first-order valence-electron chi connectivity index (χ1n) is 8.05. The van der Waals surface area contributed by atoms with E-state index in [1.165, 1.54) is 56.2 Å². The first-order chi connectivity index (χ1) is 9.29. The van der Waals surface area contributed by atoms with E-state index in [-0.39, 0.29) is 0 Å². The van der Waals surface area contributed by atoms with Gasteiger partial charge in [-0.25, -0.2) is 4.98 Å². The van der Waals surface area contributed by atoms with Crippen LogP contribution in [0, 0.1) is 17.8 Å². The van der Waals surface area contributed by atoms with Crippen LogP contribution in [0.25, 0.3) is 0 Å². The zero-order valence-electron chi connectivity index (χ0n) is 11.9. The minimum absolute atomic E-state index is 0.585. The van der Waals surface area contributed by atoms with Gasteiger partial charge in [-0.15, -0.1) is 0 Å². The van der Waals surface area contributed by atoms with Crippen LogP contribution in [-0.4, -0.2) is 11.0 Å². The van der Waals surface area contributed by atoms with E-state index in [2.05, 4.69) is 24.4 Å². The highest BCUT2D eigenvalue weighted by atomic mass is 15.0. The van der Waals surface area contributed by atoms with E-state index in [0.29, 0.717) is 6.04 Å². The number of rotatable bonds is 3. The third-order valence-electron chi connectivity index (χ3n) is 5.74. The molecular formula is C17H24N2. The molecule has 2 heteroatoms. The number of nitrogens with zero attached hydrogens (tertiary/aromatic N) is 1. The molecule has 0 aliphatic heterocycles. The molecule has 1 aromatic heterocycles. The van der Waals surface area contributed by atoms with Crippen molar-refractivity contribution in [1.82, 2.24) is 4.98 Å². The molecule has 4 unspecified atom stereocenters. The number of pyridine rings is 1. The second kappa shape index (κ2) is 4.50.